The van der Waals surface area contributed by atoms with Gasteiger partial charge in [0.2, 0.25) is 17.8 Å². The van der Waals surface area contributed by atoms with Crippen molar-refractivity contribution in [2.24, 2.45) is 5.10 Å². The molecule has 0 bridgehead atoms. The molecule has 2 aliphatic rings. The summed E-state index contributed by atoms with van der Waals surface area (Å²) >= 11 is 3.59. The highest BCUT2D eigenvalue weighted by atomic mass is 79.9. The van der Waals surface area contributed by atoms with E-state index in [0.717, 1.165) is 67.5 Å². The van der Waals surface area contributed by atoms with Gasteiger partial charge < -0.3 is 19.3 Å². The number of benzene rings is 2. The number of anilines is 3. The quantitative estimate of drug-likeness (QED) is 0.251. The molecule has 1 aromatic heterocycles. The molecule has 2 fully saturated rings. The third-order valence-corrected chi connectivity index (χ3v) is 6.98. The van der Waals surface area contributed by atoms with Crippen LogP contribution in [0.3, 0.4) is 0 Å². The summed E-state index contributed by atoms with van der Waals surface area (Å²) in [6.07, 6.45) is 6.27. The van der Waals surface area contributed by atoms with E-state index in [1.165, 1.54) is 12.1 Å². The van der Waals surface area contributed by atoms with E-state index in [1.807, 2.05) is 19.1 Å². The summed E-state index contributed by atoms with van der Waals surface area (Å²) in [5.74, 6) is 2.69. The van der Waals surface area contributed by atoms with Crippen LogP contribution in [0, 0.1) is 5.82 Å². The van der Waals surface area contributed by atoms with E-state index in [9.17, 15) is 4.39 Å². The van der Waals surface area contributed by atoms with E-state index < -0.39 is 0 Å². The number of nitrogens with zero attached hydrogens (tertiary/aromatic N) is 6. The van der Waals surface area contributed by atoms with Crippen LogP contribution in [0.1, 0.15) is 43.7 Å². The van der Waals surface area contributed by atoms with Crippen molar-refractivity contribution in [2.45, 2.75) is 39.2 Å². The molecule has 1 N–H and O–H groups in total. The summed E-state index contributed by atoms with van der Waals surface area (Å²) in [7, 11) is 0. The van der Waals surface area contributed by atoms with Crippen LogP contribution in [-0.4, -0.2) is 54.0 Å². The fourth-order valence-corrected chi connectivity index (χ4v) is 5.06. The maximum absolute atomic E-state index is 13.2. The molecule has 0 amide bonds. The molecular formula is C27H31BrFN7O2. The van der Waals surface area contributed by atoms with E-state index in [-0.39, 0.29) is 12.4 Å². The van der Waals surface area contributed by atoms with Crippen molar-refractivity contribution in [3.8, 4) is 11.5 Å². The van der Waals surface area contributed by atoms with E-state index >= 15 is 0 Å². The van der Waals surface area contributed by atoms with Crippen molar-refractivity contribution in [1.82, 2.24) is 15.0 Å². The number of hydrogen-bond acceptors (Lipinski definition) is 9. The molecule has 3 heterocycles. The lowest BCUT2D eigenvalue weighted by Crippen LogP contribution is -2.25. The summed E-state index contributed by atoms with van der Waals surface area (Å²) in [4.78, 5) is 18.4. The fourth-order valence-electron chi connectivity index (χ4n) is 4.49. The Morgan fingerprint density at radius 3 is 2.18 bits per heavy atom. The molecule has 2 aromatic carbocycles. The molecule has 0 spiro atoms. The molecule has 2 aliphatic heterocycles. The van der Waals surface area contributed by atoms with Crippen molar-refractivity contribution < 1.29 is 13.9 Å². The lowest BCUT2D eigenvalue weighted by atomic mass is 10.2. The number of hydrogen-bond donors (Lipinski definition) is 1. The first-order valence-electron chi connectivity index (χ1n) is 13.0. The predicted octanol–water partition coefficient (Wildman–Crippen LogP) is 5.40. The Balaban J connectivity index is 1.32. The van der Waals surface area contributed by atoms with Gasteiger partial charge in [-0.1, -0.05) is 12.1 Å². The Hall–Kier alpha value is -3.47. The van der Waals surface area contributed by atoms with Gasteiger partial charge in [-0.05, 0) is 83.9 Å². The average Bonchev–Trinajstić information content (AvgIpc) is 3.65. The normalized spacial score (nSPS) is 15.4. The van der Waals surface area contributed by atoms with Crippen molar-refractivity contribution in [1.29, 1.82) is 0 Å². The molecule has 0 atom stereocenters. The lowest BCUT2D eigenvalue weighted by Gasteiger charge is -2.20. The second-order valence-electron chi connectivity index (χ2n) is 9.20. The fraction of sp³-hybridized carbons (Fsp3) is 0.407. The minimum atomic E-state index is -0.279. The van der Waals surface area contributed by atoms with Crippen LogP contribution in [0.2, 0.25) is 0 Å². The van der Waals surface area contributed by atoms with Crippen LogP contribution in [-0.2, 0) is 6.61 Å². The molecule has 0 aliphatic carbocycles. The number of ether oxygens (including phenoxy) is 2. The van der Waals surface area contributed by atoms with Gasteiger partial charge in [-0.15, -0.1) is 0 Å². The summed E-state index contributed by atoms with van der Waals surface area (Å²) in [6.45, 7) is 6.49. The van der Waals surface area contributed by atoms with Crippen molar-refractivity contribution >= 4 is 40.0 Å². The van der Waals surface area contributed by atoms with Gasteiger partial charge in [-0.2, -0.15) is 20.1 Å². The molecule has 9 nitrogen and oxygen atoms in total. The zero-order valence-corrected chi connectivity index (χ0v) is 23.0. The van der Waals surface area contributed by atoms with Gasteiger partial charge in [-0.3, -0.25) is 0 Å². The maximum atomic E-state index is 13.2. The zero-order valence-electron chi connectivity index (χ0n) is 21.4. The molecule has 2 saturated heterocycles. The van der Waals surface area contributed by atoms with Gasteiger partial charge in [0.05, 0.1) is 17.3 Å². The topological polar surface area (TPSA) is 88.0 Å². The van der Waals surface area contributed by atoms with E-state index in [1.54, 1.807) is 18.3 Å². The van der Waals surface area contributed by atoms with Gasteiger partial charge in [0, 0.05) is 26.2 Å². The Bertz CT molecular complexity index is 1230. The van der Waals surface area contributed by atoms with Gasteiger partial charge in [0.15, 0.2) is 11.5 Å². The third-order valence-electron chi connectivity index (χ3n) is 6.40. The Morgan fingerprint density at radius 2 is 1.58 bits per heavy atom. The molecule has 0 radical (unpaired) electrons. The first kappa shape index (κ1) is 26.1. The van der Waals surface area contributed by atoms with Crippen molar-refractivity contribution in [2.75, 3.05) is 48.0 Å². The van der Waals surface area contributed by atoms with E-state index in [0.29, 0.717) is 36.0 Å². The zero-order chi connectivity index (χ0) is 26.3. The Morgan fingerprint density at radius 1 is 0.947 bits per heavy atom. The van der Waals surface area contributed by atoms with Crippen LogP contribution in [0.25, 0.3) is 0 Å². The monoisotopic (exact) mass is 583 g/mol. The number of hydrazone groups is 1. The molecule has 0 saturated carbocycles. The minimum Gasteiger partial charge on any atom is -0.490 e. The minimum absolute atomic E-state index is 0.279. The largest absolute Gasteiger partial charge is 0.490 e. The highest BCUT2D eigenvalue weighted by Gasteiger charge is 2.21. The summed E-state index contributed by atoms with van der Waals surface area (Å²) in [5.41, 5.74) is 4.65. The second kappa shape index (κ2) is 12.4. The molecule has 5 rings (SSSR count). The van der Waals surface area contributed by atoms with Crippen LogP contribution in [0.15, 0.2) is 46.0 Å². The molecule has 11 heteroatoms. The van der Waals surface area contributed by atoms with Crippen LogP contribution in [0.4, 0.5) is 22.2 Å². The maximum Gasteiger partial charge on any atom is 0.250 e. The molecule has 200 valence electrons. The van der Waals surface area contributed by atoms with Crippen molar-refractivity contribution in [3.63, 3.8) is 0 Å². The standard InChI is InChI=1S/C27H31BrFN7O2/c1-2-37-23-16-20(15-22(28)24(23)38-18-19-7-9-21(29)10-8-19)17-30-34-25-31-26(35-11-3-4-12-35)33-27(32-25)36-13-5-6-14-36/h7-10,15-17H,2-6,11-14,18H2,1H3,(H,31,32,33,34)/b30-17-. The second-order valence-corrected chi connectivity index (χ2v) is 10.0. The smallest absolute Gasteiger partial charge is 0.250 e. The SMILES string of the molecule is CCOc1cc(/C=N\Nc2nc(N3CCCC3)nc(N3CCCC3)n2)cc(Br)c1OCc1ccc(F)cc1. The van der Waals surface area contributed by atoms with Crippen molar-refractivity contribution in [3.05, 3.63) is 57.8 Å². The number of halogens is 2. The Labute approximate surface area is 230 Å². The van der Waals surface area contributed by atoms with Gasteiger partial charge in [-0.25, -0.2) is 9.82 Å². The summed E-state index contributed by atoms with van der Waals surface area (Å²) in [6, 6.07) is 9.98. The molecule has 38 heavy (non-hydrogen) atoms. The van der Waals surface area contributed by atoms with Crippen LogP contribution < -0.4 is 24.7 Å². The summed E-state index contributed by atoms with van der Waals surface area (Å²) < 4.78 is 25.8. The van der Waals surface area contributed by atoms with Crippen LogP contribution >= 0.6 is 15.9 Å². The Kier molecular flexibility index (Phi) is 8.52. The van der Waals surface area contributed by atoms with Gasteiger partial charge in [0.1, 0.15) is 12.4 Å². The predicted molar refractivity (Wildman–Crippen MR) is 150 cm³/mol. The molecular weight excluding hydrogens is 553 g/mol. The lowest BCUT2D eigenvalue weighted by molar-refractivity contribution is 0.267. The molecule has 0 unspecified atom stereocenters. The van der Waals surface area contributed by atoms with E-state index in [2.05, 4.69) is 46.2 Å². The highest BCUT2D eigenvalue weighted by molar-refractivity contribution is 9.10. The molecule has 3 aromatic rings. The highest BCUT2D eigenvalue weighted by Crippen LogP contribution is 2.37. The first-order valence-corrected chi connectivity index (χ1v) is 13.8. The third kappa shape index (κ3) is 6.50. The summed E-state index contributed by atoms with van der Waals surface area (Å²) in [5, 5.41) is 4.40. The number of aromatic nitrogens is 3. The first-order chi connectivity index (χ1) is 18.6. The van der Waals surface area contributed by atoms with Gasteiger partial charge in [0.25, 0.3) is 0 Å². The van der Waals surface area contributed by atoms with Crippen LogP contribution in [0.5, 0.6) is 11.5 Å². The average molecular weight is 584 g/mol. The van der Waals surface area contributed by atoms with E-state index in [4.69, 9.17) is 14.5 Å². The number of nitrogens with one attached hydrogen (secondary N) is 1. The van der Waals surface area contributed by atoms with Gasteiger partial charge >= 0.3 is 0 Å². The number of rotatable bonds is 10.